The van der Waals surface area contributed by atoms with E-state index in [-0.39, 0.29) is 5.82 Å². The lowest BCUT2D eigenvalue weighted by atomic mass is 10.2. The molecule has 3 rings (SSSR count). The van der Waals surface area contributed by atoms with Gasteiger partial charge in [0.1, 0.15) is 11.6 Å². The molecule has 0 spiro atoms. The second kappa shape index (κ2) is 4.45. The average molecular weight is 238 g/mol. The number of rotatable bonds is 2. The summed E-state index contributed by atoms with van der Waals surface area (Å²) >= 11 is 0. The second-order valence-corrected chi connectivity index (χ2v) is 4.02. The van der Waals surface area contributed by atoms with Crippen LogP contribution in [-0.2, 0) is 0 Å². The van der Waals surface area contributed by atoms with Crippen LogP contribution in [0.25, 0.3) is 10.9 Å². The van der Waals surface area contributed by atoms with Crippen molar-refractivity contribution in [2.45, 2.75) is 0 Å². The summed E-state index contributed by atoms with van der Waals surface area (Å²) in [7, 11) is 0. The van der Waals surface area contributed by atoms with Gasteiger partial charge in [-0.05, 0) is 36.4 Å². The van der Waals surface area contributed by atoms with E-state index in [1.54, 1.807) is 12.1 Å². The molecule has 3 aromatic rings. The van der Waals surface area contributed by atoms with Gasteiger partial charge in [-0.15, -0.1) is 0 Å². The Balaban J connectivity index is 1.95. The first kappa shape index (κ1) is 10.7. The highest BCUT2D eigenvalue weighted by molar-refractivity contribution is 5.80. The summed E-state index contributed by atoms with van der Waals surface area (Å²) in [5.41, 5.74) is 1.61. The number of nitrogens with zero attached hydrogens (tertiary/aromatic N) is 1. The highest BCUT2D eigenvalue weighted by Gasteiger charge is 1.99. The summed E-state index contributed by atoms with van der Waals surface area (Å²) in [6.45, 7) is 0. The van der Waals surface area contributed by atoms with E-state index in [1.807, 2.05) is 36.4 Å². The summed E-state index contributed by atoms with van der Waals surface area (Å²) in [6, 6.07) is 18.1. The van der Waals surface area contributed by atoms with Crippen molar-refractivity contribution in [3.8, 4) is 0 Å². The second-order valence-electron chi connectivity index (χ2n) is 4.02. The first-order valence-corrected chi connectivity index (χ1v) is 5.70. The third-order valence-corrected chi connectivity index (χ3v) is 2.70. The number of hydrogen-bond donors (Lipinski definition) is 1. The molecule has 0 saturated heterocycles. The Hall–Kier alpha value is -2.42. The van der Waals surface area contributed by atoms with Crippen LogP contribution >= 0.6 is 0 Å². The van der Waals surface area contributed by atoms with Crippen LogP contribution in [0.3, 0.4) is 0 Å². The Kier molecular flexibility index (Phi) is 2.65. The van der Waals surface area contributed by atoms with Crippen molar-refractivity contribution in [2.24, 2.45) is 0 Å². The van der Waals surface area contributed by atoms with E-state index >= 15 is 0 Å². The minimum absolute atomic E-state index is 0.263. The number of hydrogen-bond acceptors (Lipinski definition) is 2. The molecule has 0 amide bonds. The first-order chi connectivity index (χ1) is 8.81. The molecule has 1 N–H and O–H groups in total. The maximum absolute atomic E-state index is 13.1. The van der Waals surface area contributed by atoms with Crippen molar-refractivity contribution < 1.29 is 4.39 Å². The molecule has 0 atom stereocenters. The zero-order valence-corrected chi connectivity index (χ0v) is 9.60. The fourth-order valence-corrected chi connectivity index (χ4v) is 1.85. The van der Waals surface area contributed by atoms with Gasteiger partial charge in [-0.1, -0.05) is 24.3 Å². The van der Waals surface area contributed by atoms with Crippen LogP contribution in [0.5, 0.6) is 0 Å². The summed E-state index contributed by atoms with van der Waals surface area (Å²) in [4.78, 5) is 4.47. The molecular weight excluding hydrogens is 227 g/mol. The molecule has 18 heavy (non-hydrogen) atoms. The van der Waals surface area contributed by atoms with Crippen LogP contribution in [0.4, 0.5) is 15.9 Å². The fourth-order valence-electron chi connectivity index (χ4n) is 1.85. The van der Waals surface area contributed by atoms with E-state index < -0.39 is 0 Å². The number of benzene rings is 2. The van der Waals surface area contributed by atoms with Crippen molar-refractivity contribution in [1.29, 1.82) is 0 Å². The number of nitrogens with one attached hydrogen (secondary N) is 1. The Morgan fingerprint density at radius 2 is 1.78 bits per heavy atom. The lowest BCUT2D eigenvalue weighted by molar-refractivity contribution is 0.628. The Bertz CT molecular complexity index is 695. The molecule has 0 aliphatic heterocycles. The van der Waals surface area contributed by atoms with Gasteiger partial charge in [-0.25, -0.2) is 9.37 Å². The molecule has 0 fully saturated rings. The number of pyridine rings is 1. The summed E-state index contributed by atoms with van der Waals surface area (Å²) in [5, 5.41) is 4.17. The SMILES string of the molecule is Fc1cccc(Nc2ccc3ccccc3n2)c1. The first-order valence-electron chi connectivity index (χ1n) is 5.70. The molecule has 0 unspecified atom stereocenters. The minimum Gasteiger partial charge on any atom is -0.340 e. The predicted molar refractivity (Wildman–Crippen MR) is 71.4 cm³/mol. The van der Waals surface area contributed by atoms with E-state index in [0.717, 1.165) is 10.9 Å². The maximum Gasteiger partial charge on any atom is 0.131 e. The highest BCUT2D eigenvalue weighted by Crippen LogP contribution is 2.19. The topological polar surface area (TPSA) is 24.9 Å². The third-order valence-electron chi connectivity index (χ3n) is 2.70. The quantitative estimate of drug-likeness (QED) is 0.726. The molecule has 2 aromatic carbocycles. The van der Waals surface area contributed by atoms with E-state index in [2.05, 4.69) is 10.3 Å². The lowest BCUT2D eigenvalue weighted by Crippen LogP contribution is -1.93. The van der Waals surface area contributed by atoms with Gasteiger partial charge in [-0.3, -0.25) is 0 Å². The van der Waals surface area contributed by atoms with Crippen molar-refractivity contribution in [3.63, 3.8) is 0 Å². The van der Waals surface area contributed by atoms with Crippen molar-refractivity contribution in [3.05, 3.63) is 66.5 Å². The summed E-state index contributed by atoms with van der Waals surface area (Å²) in [5.74, 6) is 0.445. The Morgan fingerprint density at radius 1 is 0.889 bits per heavy atom. The fraction of sp³-hybridized carbons (Fsp3) is 0. The molecule has 2 nitrogen and oxygen atoms in total. The summed E-state index contributed by atoms with van der Waals surface area (Å²) in [6.07, 6.45) is 0. The molecule has 0 bridgehead atoms. The molecule has 0 aliphatic carbocycles. The van der Waals surface area contributed by atoms with Crippen molar-refractivity contribution in [1.82, 2.24) is 4.98 Å². The van der Waals surface area contributed by atoms with Gasteiger partial charge in [0.15, 0.2) is 0 Å². The van der Waals surface area contributed by atoms with Crippen molar-refractivity contribution in [2.75, 3.05) is 5.32 Å². The molecule has 3 heteroatoms. The minimum atomic E-state index is -0.263. The maximum atomic E-state index is 13.1. The van der Waals surface area contributed by atoms with Gasteiger partial charge in [0.2, 0.25) is 0 Å². The number of aromatic nitrogens is 1. The Labute approximate surface area is 104 Å². The Morgan fingerprint density at radius 3 is 2.67 bits per heavy atom. The van der Waals surface area contributed by atoms with Crippen LogP contribution < -0.4 is 5.32 Å². The van der Waals surface area contributed by atoms with Gasteiger partial charge < -0.3 is 5.32 Å². The zero-order chi connectivity index (χ0) is 12.4. The third kappa shape index (κ3) is 2.15. The molecular formula is C15H11FN2. The van der Waals surface area contributed by atoms with E-state index in [9.17, 15) is 4.39 Å². The van der Waals surface area contributed by atoms with E-state index in [4.69, 9.17) is 0 Å². The summed E-state index contributed by atoms with van der Waals surface area (Å²) < 4.78 is 13.1. The number of para-hydroxylation sites is 1. The van der Waals surface area contributed by atoms with Crippen LogP contribution in [-0.4, -0.2) is 4.98 Å². The standard InChI is InChI=1S/C15H11FN2/c16-12-5-3-6-13(10-12)17-15-9-8-11-4-1-2-7-14(11)18-15/h1-10H,(H,17,18). The molecule has 0 aliphatic rings. The number of fused-ring (bicyclic) bond motifs is 1. The van der Waals surface area contributed by atoms with Gasteiger partial charge in [-0.2, -0.15) is 0 Å². The smallest absolute Gasteiger partial charge is 0.131 e. The van der Waals surface area contributed by atoms with E-state index in [1.165, 1.54) is 12.1 Å². The van der Waals surface area contributed by atoms with Gasteiger partial charge in [0.25, 0.3) is 0 Å². The molecule has 1 heterocycles. The molecule has 0 radical (unpaired) electrons. The highest BCUT2D eigenvalue weighted by atomic mass is 19.1. The number of anilines is 2. The van der Waals surface area contributed by atoms with Crippen LogP contribution in [0, 0.1) is 5.82 Å². The van der Waals surface area contributed by atoms with Crippen LogP contribution in [0.1, 0.15) is 0 Å². The predicted octanol–water partition coefficient (Wildman–Crippen LogP) is 4.12. The normalized spacial score (nSPS) is 10.5. The molecule has 1 aromatic heterocycles. The van der Waals surface area contributed by atoms with Crippen molar-refractivity contribution >= 4 is 22.4 Å². The van der Waals surface area contributed by atoms with E-state index in [0.29, 0.717) is 11.5 Å². The van der Waals surface area contributed by atoms with Gasteiger partial charge in [0.05, 0.1) is 5.52 Å². The largest absolute Gasteiger partial charge is 0.340 e. The number of halogens is 1. The van der Waals surface area contributed by atoms with Crippen LogP contribution in [0.15, 0.2) is 60.7 Å². The van der Waals surface area contributed by atoms with Gasteiger partial charge in [0, 0.05) is 11.1 Å². The average Bonchev–Trinajstić information content (AvgIpc) is 2.39. The van der Waals surface area contributed by atoms with Gasteiger partial charge >= 0.3 is 0 Å². The molecule has 0 saturated carbocycles. The monoisotopic (exact) mass is 238 g/mol. The molecule has 88 valence electrons. The van der Waals surface area contributed by atoms with Crippen LogP contribution in [0.2, 0.25) is 0 Å². The zero-order valence-electron chi connectivity index (χ0n) is 9.60. The lowest BCUT2D eigenvalue weighted by Gasteiger charge is -2.06.